The van der Waals surface area contributed by atoms with Crippen LogP contribution in [0.5, 0.6) is 0 Å². The van der Waals surface area contributed by atoms with Crippen molar-refractivity contribution in [2.75, 3.05) is 11.5 Å². The van der Waals surface area contributed by atoms with Crippen molar-refractivity contribution in [2.24, 2.45) is 5.92 Å². The van der Waals surface area contributed by atoms with Crippen molar-refractivity contribution >= 4 is 10.8 Å². The number of nitrogens with zero attached hydrogens (tertiary/aromatic N) is 1. The lowest BCUT2D eigenvalue weighted by Gasteiger charge is -2.06. The van der Waals surface area contributed by atoms with Gasteiger partial charge in [-0.15, -0.1) is 0 Å². The molecule has 0 aromatic heterocycles. The Hall–Kier alpha value is -0.360. The van der Waals surface area contributed by atoms with Gasteiger partial charge in [0.05, 0.1) is 6.07 Å². The first-order valence-electron chi connectivity index (χ1n) is 4.42. The maximum Gasteiger partial charge on any atom is 0.0622 e. The summed E-state index contributed by atoms with van der Waals surface area (Å²) < 4.78 is 11.3. The monoisotopic (exact) mass is 187 g/mol. The van der Waals surface area contributed by atoms with Crippen molar-refractivity contribution in [1.82, 2.24) is 0 Å². The van der Waals surface area contributed by atoms with Crippen LogP contribution in [0.1, 0.15) is 33.1 Å². The first-order valence-corrected chi connectivity index (χ1v) is 5.91. The van der Waals surface area contributed by atoms with Crippen molar-refractivity contribution in [2.45, 2.75) is 33.1 Å². The van der Waals surface area contributed by atoms with Crippen LogP contribution in [0.15, 0.2) is 0 Å². The summed E-state index contributed by atoms with van der Waals surface area (Å²) in [6, 6.07) is 2.06. The Morgan fingerprint density at radius 2 is 2.25 bits per heavy atom. The fourth-order valence-electron chi connectivity index (χ4n) is 0.831. The van der Waals surface area contributed by atoms with Gasteiger partial charge in [0.2, 0.25) is 0 Å². The molecular formula is C9H17NOS. The normalized spacial score (nSPS) is 15.1. The summed E-state index contributed by atoms with van der Waals surface area (Å²) in [5.41, 5.74) is 0. The van der Waals surface area contributed by atoms with Crippen LogP contribution in [0.3, 0.4) is 0 Å². The molecule has 2 atom stereocenters. The van der Waals surface area contributed by atoms with E-state index in [4.69, 9.17) is 5.26 Å². The molecule has 0 aliphatic rings. The molecule has 70 valence electrons. The van der Waals surface area contributed by atoms with Gasteiger partial charge in [-0.2, -0.15) is 5.26 Å². The second kappa shape index (κ2) is 7.30. The maximum absolute atomic E-state index is 11.3. The molecule has 0 aliphatic carbocycles. The van der Waals surface area contributed by atoms with Crippen LogP contribution >= 0.6 is 0 Å². The van der Waals surface area contributed by atoms with Crippen LogP contribution in [0.25, 0.3) is 0 Å². The summed E-state index contributed by atoms with van der Waals surface area (Å²) in [5, 5.41) is 8.26. The van der Waals surface area contributed by atoms with Gasteiger partial charge in [0.1, 0.15) is 0 Å². The molecule has 0 spiro atoms. The van der Waals surface area contributed by atoms with E-state index in [0.717, 1.165) is 18.6 Å². The molecule has 3 heteroatoms. The van der Waals surface area contributed by atoms with Crippen molar-refractivity contribution in [3.63, 3.8) is 0 Å². The van der Waals surface area contributed by atoms with Gasteiger partial charge in [0, 0.05) is 28.7 Å². The van der Waals surface area contributed by atoms with Crippen molar-refractivity contribution in [3.05, 3.63) is 0 Å². The van der Waals surface area contributed by atoms with Crippen LogP contribution < -0.4 is 0 Å². The van der Waals surface area contributed by atoms with E-state index in [1.165, 1.54) is 0 Å². The molecule has 0 aromatic rings. The minimum Gasteiger partial charge on any atom is -0.260 e. The molecule has 0 amide bonds. The summed E-state index contributed by atoms with van der Waals surface area (Å²) >= 11 is 0. The molecule has 12 heavy (non-hydrogen) atoms. The lowest BCUT2D eigenvalue weighted by molar-refractivity contribution is 0.614. The zero-order valence-corrected chi connectivity index (χ0v) is 8.69. The lowest BCUT2D eigenvalue weighted by Crippen LogP contribution is -2.09. The van der Waals surface area contributed by atoms with Crippen molar-refractivity contribution < 1.29 is 4.21 Å². The number of unbranched alkanes of at least 4 members (excludes halogenated alkanes) is 1. The molecule has 2 unspecified atom stereocenters. The number of nitriles is 1. The van der Waals surface area contributed by atoms with Crippen LogP contribution in [-0.4, -0.2) is 15.7 Å². The Morgan fingerprint density at radius 1 is 1.58 bits per heavy atom. The molecule has 0 radical (unpaired) electrons. The zero-order valence-electron chi connectivity index (χ0n) is 7.88. The molecule has 0 rings (SSSR count). The topological polar surface area (TPSA) is 40.9 Å². The number of rotatable bonds is 6. The van der Waals surface area contributed by atoms with Gasteiger partial charge in [0.15, 0.2) is 0 Å². The number of hydrogen-bond donors (Lipinski definition) is 0. The summed E-state index contributed by atoms with van der Waals surface area (Å²) in [6.07, 6.45) is 2.40. The summed E-state index contributed by atoms with van der Waals surface area (Å²) in [4.78, 5) is 0. The predicted octanol–water partition coefficient (Wildman–Crippen LogP) is 2.08. The van der Waals surface area contributed by atoms with Crippen LogP contribution in [0, 0.1) is 17.2 Å². The molecule has 0 N–H and O–H groups in total. The molecular weight excluding hydrogens is 170 g/mol. The van der Waals surface area contributed by atoms with Gasteiger partial charge >= 0.3 is 0 Å². The Morgan fingerprint density at radius 3 is 2.75 bits per heavy atom. The van der Waals surface area contributed by atoms with Gasteiger partial charge in [-0.3, -0.25) is 4.21 Å². The molecule has 0 heterocycles. The average Bonchev–Trinajstić information content (AvgIpc) is 2.05. The molecule has 0 aliphatic heterocycles. The SMILES string of the molecule is CCC(C)CS(=O)CCCC#N. The highest BCUT2D eigenvalue weighted by molar-refractivity contribution is 7.84. The van der Waals surface area contributed by atoms with Crippen LogP contribution in [0.2, 0.25) is 0 Å². The first kappa shape index (κ1) is 11.6. The summed E-state index contributed by atoms with van der Waals surface area (Å²) in [7, 11) is -0.703. The van der Waals surface area contributed by atoms with E-state index >= 15 is 0 Å². The lowest BCUT2D eigenvalue weighted by atomic mass is 10.2. The maximum atomic E-state index is 11.3. The van der Waals surface area contributed by atoms with E-state index in [2.05, 4.69) is 19.9 Å². The van der Waals surface area contributed by atoms with Gasteiger partial charge in [-0.05, 0) is 12.3 Å². The first-order chi connectivity index (χ1) is 5.70. The molecule has 0 saturated carbocycles. The fourth-order valence-corrected chi connectivity index (χ4v) is 2.33. The minimum absolute atomic E-state index is 0.534. The van der Waals surface area contributed by atoms with Crippen LogP contribution in [0.4, 0.5) is 0 Å². The third kappa shape index (κ3) is 6.36. The van der Waals surface area contributed by atoms with Gasteiger partial charge in [-0.25, -0.2) is 0 Å². The number of hydrogen-bond acceptors (Lipinski definition) is 2. The molecule has 0 fully saturated rings. The van der Waals surface area contributed by atoms with Gasteiger partial charge < -0.3 is 0 Å². The Bertz CT molecular complexity index is 174. The zero-order chi connectivity index (χ0) is 9.40. The average molecular weight is 187 g/mol. The Labute approximate surface area is 77.4 Å². The third-order valence-corrected chi connectivity index (χ3v) is 3.51. The van der Waals surface area contributed by atoms with Crippen molar-refractivity contribution in [1.29, 1.82) is 5.26 Å². The molecule has 0 aromatic carbocycles. The van der Waals surface area contributed by atoms with E-state index in [0.29, 0.717) is 18.1 Å². The van der Waals surface area contributed by atoms with Crippen LogP contribution in [-0.2, 0) is 10.8 Å². The smallest absolute Gasteiger partial charge is 0.0622 e. The highest BCUT2D eigenvalue weighted by Gasteiger charge is 2.04. The third-order valence-electron chi connectivity index (χ3n) is 1.83. The highest BCUT2D eigenvalue weighted by Crippen LogP contribution is 2.04. The molecule has 0 bridgehead atoms. The standard InChI is InChI=1S/C9H17NOS/c1-3-9(2)8-12(11)7-5-4-6-10/h9H,3-5,7-8H2,1-2H3. The van der Waals surface area contributed by atoms with Gasteiger partial charge in [-0.1, -0.05) is 20.3 Å². The van der Waals surface area contributed by atoms with E-state index in [9.17, 15) is 4.21 Å². The van der Waals surface area contributed by atoms with E-state index in [1.54, 1.807) is 0 Å². The van der Waals surface area contributed by atoms with E-state index in [-0.39, 0.29) is 0 Å². The highest BCUT2D eigenvalue weighted by atomic mass is 32.2. The second-order valence-corrected chi connectivity index (χ2v) is 4.71. The summed E-state index contributed by atoms with van der Waals surface area (Å²) in [6.45, 7) is 4.22. The van der Waals surface area contributed by atoms with E-state index in [1.807, 2.05) is 0 Å². The minimum atomic E-state index is -0.703. The molecule has 0 saturated heterocycles. The quantitative estimate of drug-likeness (QED) is 0.597. The second-order valence-electron chi connectivity index (χ2n) is 3.09. The van der Waals surface area contributed by atoms with Gasteiger partial charge in [0.25, 0.3) is 0 Å². The summed E-state index contributed by atoms with van der Waals surface area (Å²) in [5.74, 6) is 2.03. The van der Waals surface area contributed by atoms with Crippen molar-refractivity contribution in [3.8, 4) is 6.07 Å². The molecule has 2 nitrogen and oxygen atoms in total. The Balaban J connectivity index is 3.41. The largest absolute Gasteiger partial charge is 0.260 e. The fraction of sp³-hybridized carbons (Fsp3) is 0.889. The predicted molar refractivity (Wildman–Crippen MR) is 52.2 cm³/mol. The Kier molecular flexibility index (Phi) is 7.08. The van der Waals surface area contributed by atoms with E-state index < -0.39 is 10.8 Å².